The lowest BCUT2D eigenvalue weighted by Crippen LogP contribution is -2.54. The van der Waals surface area contributed by atoms with Crippen molar-refractivity contribution >= 4 is 59.0 Å². The van der Waals surface area contributed by atoms with Crippen molar-refractivity contribution in [2.24, 2.45) is 0 Å². The number of halogens is 3. The number of nitrogens with two attached hydrogens (primary N) is 1. The van der Waals surface area contributed by atoms with Gasteiger partial charge in [0.2, 0.25) is 41.5 Å². The second-order valence-electron chi connectivity index (χ2n) is 16.9. The van der Waals surface area contributed by atoms with Crippen molar-refractivity contribution in [2.45, 2.75) is 63.8 Å². The minimum Gasteiger partial charge on any atom is -0.383 e. The van der Waals surface area contributed by atoms with Crippen LogP contribution in [0.4, 0.5) is 36.7 Å². The first-order valence-corrected chi connectivity index (χ1v) is 22.7. The van der Waals surface area contributed by atoms with E-state index in [4.69, 9.17) is 10.5 Å². The SMILES string of the molecule is Nc1ncc(-c2nc(N3CCOCC3)nc(N3CCN(C(=O)CCC(=O)N4CCN(CCCCCCNc5cc6c(cc5F)C(=O)N(C5CCC(=O)NC5=O)C6=O)CC4)CC3)n2)c(C(F)F)n1. The summed E-state index contributed by atoms with van der Waals surface area (Å²) in [6.45, 7) is 7.30. The van der Waals surface area contributed by atoms with Gasteiger partial charge in [-0.2, -0.15) is 15.0 Å². The van der Waals surface area contributed by atoms with E-state index < -0.39 is 47.6 Å². The third kappa shape index (κ3) is 10.9. The first-order valence-electron chi connectivity index (χ1n) is 22.7. The molecule has 6 amide bonds. The van der Waals surface area contributed by atoms with Crippen molar-refractivity contribution in [3.8, 4) is 11.4 Å². The van der Waals surface area contributed by atoms with E-state index in [1.165, 1.54) is 12.3 Å². The summed E-state index contributed by atoms with van der Waals surface area (Å²) in [6.07, 6.45) is 1.93. The molecule has 1 unspecified atom stereocenters. The molecular formula is C43H53F3N14O7. The van der Waals surface area contributed by atoms with Crippen molar-refractivity contribution < 1.29 is 46.7 Å². The maximum atomic E-state index is 15.0. The highest BCUT2D eigenvalue weighted by Gasteiger charge is 2.45. The number of nitrogens with zero attached hydrogens (tertiary/aromatic N) is 11. The molecule has 0 bridgehead atoms. The van der Waals surface area contributed by atoms with Gasteiger partial charge in [0.05, 0.1) is 35.6 Å². The van der Waals surface area contributed by atoms with Gasteiger partial charge >= 0.3 is 0 Å². The molecule has 358 valence electrons. The van der Waals surface area contributed by atoms with Crippen molar-refractivity contribution in [3.63, 3.8) is 0 Å². The summed E-state index contributed by atoms with van der Waals surface area (Å²) in [7, 11) is 0. The molecule has 4 N–H and O–H groups in total. The number of ether oxygens (including phenoxy) is 1. The Morgan fingerprint density at radius 3 is 2.03 bits per heavy atom. The molecule has 2 aromatic heterocycles. The van der Waals surface area contributed by atoms with Gasteiger partial charge in [0.15, 0.2) is 5.82 Å². The fourth-order valence-electron chi connectivity index (χ4n) is 8.84. The van der Waals surface area contributed by atoms with Crippen molar-refractivity contribution in [2.75, 3.05) is 113 Å². The van der Waals surface area contributed by atoms with Gasteiger partial charge in [-0.15, -0.1) is 0 Å². The predicted octanol–water partition coefficient (Wildman–Crippen LogP) is 1.47. The number of morpholine rings is 1. The van der Waals surface area contributed by atoms with Crippen LogP contribution in [0.2, 0.25) is 0 Å². The van der Waals surface area contributed by atoms with E-state index >= 15 is 0 Å². The molecule has 0 radical (unpaired) electrons. The third-order valence-corrected chi connectivity index (χ3v) is 12.6. The molecule has 4 fully saturated rings. The smallest absolute Gasteiger partial charge is 0.281 e. The van der Waals surface area contributed by atoms with E-state index in [1.54, 1.807) is 9.80 Å². The largest absolute Gasteiger partial charge is 0.383 e. The Balaban J connectivity index is 0.724. The van der Waals surface area contributed by atoms with Crippen LogP contribution in [-0.2, 0) is 23.9 Å². The summed E-state index contributed by atoms with van der Waals surface area (Å²) in [5, 5.41) is 5.16. The Morgan fingerprint density at radius 2 is 1.39 bits per heavy atom. The van der Waals surface area contributed by atoms with Gasteiger partial charge in [-0.1, -0.05) is 12.8 Å². The molecule has 21 nitrogen and oxygen atoms in total. The number of piperidine rings is 1. The Bertz CT molecular complexity index is 2370. The predicted molar refractivity (Wildman–Crippen MR) is 234 cm³/mol. The van der Waals surface area contributed by atoms with E-state index in [0.29, 0.717) is 78.1 Å². The minimum atomic E-state index is -2.94. The number of fused-ring (bicyclic) bond motifs is 1. The first-order chi connectivity index (χ1) is 32.3. The van der Waals surface area contributed by atoms with Crippen LogP contribution in [0, 0.1) is 5.82 Å². The fraction of sp³-hybridized carbons (Fsp3) is 0.558. The van der Waals surface area contributed by atoms with Gasteiger partial charge in [0, 0.05) is 97.5 Å². The van der Waals surface area contributed by atoms with Crippen LogP contribution in [0.3, 0.4) is 0 Å². The summed E-state index contributed by atoms with van der Waals surface area (Å²) in [5.74, 6) is -3.26. The van der Waals surface area contributed by atoms with Crippen molar-refractivity contribution in [3.05, 3.63) is 41.0 Å². The molecule has 7 heterocycles. The van der Waals surface area contributed by atoms with Crippen LogP contribution in [0.1, 0.15) is 84.2 Å². The molecule has 5 aliphatic rings. The number of imide groups is 2. The fourth-order valence-corrected chi connectivity index (χ4v) is 8.84. The maximum Gasteiger partial charge on any atom is 0.281 e. The molecule has 0 aliphatic carbocycles. The summed E-state index contributed by atoms with van der Waals surface area (Å²) in [5.41, 5.74) is 4.96. The summed E-state index contributed by atoms with van der Waals surface area (Å²) < 4.78 is 48.5. The average molecular weight is 935 g/mol. The molecule has 67 heavy (non-hydrogen) atoms. The van der Waals surface area contributed by atoms with Crippen molar-refractivity contribution in [1.82, 2.24) is 49.8 Å². The molecule has 3 aromatic rings. The Kier molecular flexibility index (Phi) is 14.7. The Morgan fingerprint density at radius 1 is 0.776 bits per heavy atom. The zero-order valence-corrected chi connectivity index (χ0v) is 36.9. The number of carbonyl (C=O) groups is 6. The van der Waals surface area contributed by atoms with E-state index in [0.717, 1.165) is 56.3 Å². The highest BCUT2D eigenvalue weighted by Crippen LogP contribution is 2.32. The topological polar surface area (TPSA) is 246 Å². The average Bonchev–Trinajstić information content (AvgIpc) is 3.57. The van der Waals surface area contributed by atoms with Gasteiger partial charge in [0.25, 0.3) is 18.2 Å². The number of unbranched alkanes of at least 4 members (excludes halogenated alkanes) is 3. The summed E-state index contributed by atoms with van der Waals surface area (Å²) in [6, 6.07) is 1.20. The standard InChI is InChI=1S/C43H53F3N14O7/c44-29-23-26-27(40(66)60(39(26)65)31-5-6-32(61)50-38(31)64)24-30(29)48-9-3-1-2-4-10-55-11-13-56(14-12-55)33(62)7-8-34(63)57-15-17-58(18-16-57)42-52-37(28-25-49-41(47)51-35(28)36(45)46)53-43(54-42)59-19-21-67-22-20-59/h23-25,31,36,48H,1-22H2,(H2,47,49,51)(H,50,61,64). The first kappa shape index (κ1) is 47.0. The number of amides is 6. The number of alkyl halides is 2. The van der Waals surface area contributed by atoms with Crippen LogP contribution in [0.15, 0.2) is 18.3 Å². The van der Waals surface area contributed by atoms with Crippen molar-refractivity contribution in [1.29, 1.82) is 0 Å². The second kappa shape index (κ2) is 20.9. The van der Waals surface area contributed by atoms with Gasteiger partial charge in [-0.05, 0) is 37.9 Å². The second-order valence-corrected chi connectivity index (χ2v) is 16.9. The summed E-state index contributed by atoms with van der Waals surface area (Å²) >= 11 is 0. The lowest BCUT2D eigenvalue weighted by Gasteiger charge is -2.36. The maximum absolute atomic E-state index is 15.0. The van der Waals surface area contributed by atoms with E-state index in [1.807, 2.05) is 9.80 Å². The number of hydrogen-bond acceptors (Lipinski definition) is 17. The van der Waals surface area contributed by atoms with Gasteiger partial charge in [0.1, 0.15) is 17.6 Å². The van der Waals surface area contributed by atoms with Crippen LogP contribution in [0.25, 0.3) is 11.4 Å². The highest BCUT2D eigenvalue weighted by atomic mass is 19.3. The van der Waals surface area contributed by atoms with E-state index in [2.05, 4.69) is 40.5 Å². The third-order valence-electron chi connectivity index (χ3n) is 12.6. The molecule has 4 saturated heterocycles. The molecule has 5 aliphatic heterocycles. The quantitative estimate of drug-likeness (QED) is 0.136. The number of carbonyl (C=O) groups excluding carboxylic acids is 6. The van der Waals surface area contributed by atoms with Crippen LogP contribution in [-0.4, -0.2) is 178 Å². The molecule has 1 atom stereocenters. The van der Waals surface area contributed by atoms with Crippen LogP contribution >= 0.6 is 0 Å². The number of aromatic nitrogens is 5. The number of nitrogens with one attached hydrogen (secondary N) is 2. The number of piperazine rings is 2. The number of anilines is 4. The molecule has 0 spiro atoms. The van der Waals surface area contributed by atoms with E-state index in [9.17, 15) is 41.9 Å². The monoisotopic (exact) mass is 934 g/mol. The molecule has 24 heteroatoms. The van der Waals surface area contributed by atoms with Gasteiger partial charge in [-0.3, -0.25) is 43.9 Å². The lowest BCUT2D eigenvalue weighted by molar-refractivity contribution is -0.138. The lowest BCUT2D eigenvalue weighted by atomic mass is 10.0. The van der Waals surface area contributed by atoms with Gasteiger partial charge < -0.3 is 35.4 Å². The van der Waals surface area contributed by atoms with Crippen LogP contribution in [0.5, 0.6) is 0 Å². The molecule has 8 rings (SSSR count). The molecule has 1 aromatic carbocycles. The zero-order chi connectivity index (χ0) is 47.2. The normalized spacial score (nSPS) is 19.3. The molecular weight excluding hydrogens is 882 g/mol. The Hall–Kier alpha value is -6.56. The zero-order valence-electron chi connectivity index (χ0n) is 36.9. The van der Waals surface area contributed by atoms with Gasteiger partial charge in [-0.25, -0.2) is 23.1 Å². The Labute approximate surface area is 383 Å². The minimum absolute atomic E-state index is 0.00586. The number of benzene rings is 1. The molecule has 0 saturated carbocycles. The van der Waals surface area contributed by atoms with Crippen LogP contribution < -0.4 is 26.2 Å². The van der Waals surface area contributed by atoms with E-state index in [-0.39, 0.29) is 77.6 Å². The number of hydrogen-bond donors (Lipinski definition) is 3. The summed E-state index contributed by atoms with van der Waals surface area (Å²) in [4.78, 5) is 108. The number of rotatable bonds is 16. The number of nitrogen functional groups attached to an aromatic ring is 1. The highest BCUT2D eigenvalue weighted by molar-refractivity contribution is 6.23.